The third-order valence-electron chi connectivity index (χ3n) is 4.02. The summed E-state index contributed by atoms with van der Waals surface area (Å²) < 4.78 is 5.91. The highest BCUT2D eigenvalue weighted by Crippen LogP contribution is 2.23. The highest BCUT2D eigenvalue weighted by Gasteiger charge is 2.30. The van der Waals surface area contributed by atoms with Crippen molar-refractivity contribution in [1.82, 2.24) is 5.32 Å². The van der Waals surface area contributed by atoms with E-state index in [1.807, 2.05) is 0 Å². The summed E-state index contributed by atoms with van der Waals surface area (Å²) in [7, 11) is 0. The molecule has 0 aromatic heterocycles. The summed E-state index contributed by atoms with van der Waals surface area (Å²) in [4.78, 5) is 0. The highest BCUT2D eigenvalue weighted by atomic mass is 16.5. The third kappa shape index (κ3) is 3.19. The Balaban J connectivity index is 1.80. The molecule has 1 saturated heterocycles. The van der Waals surface area contributed by atoms with Gasteiger partial charge in [-0.05, 0) is 32.6 Å². The Morgan fingerprint density at radius 2 is 1.94 bits per heavy atom. The Morgan fingerprint density at radius 1 is 1.19 bits per heavy atom. The summed E-state index contributed by atoms with van der Waals surface area (Å²) in [5.41, 5.74) is 5.87. The molecular weight excluding hydrogens is 200 g/mol. The lowest BCUT2D eigenvalue weighted by Gasteiger charge is -2.31. The van der Waals surface area contributed by atoms with Crippen molar-refractivity contribution >= 4 is 0 Å². The van der Waals surface area contributed by atoms with Gasteiger partial charge in [0.2, 0.25) is 0 Å². The van der Waals surface area contributed by atoms with Crippen molar-refractivity contribution in [1.29, 1.82) is 0 Å². The predicted molar refractivity (Wildman–Crippen MR) is 66.4 cm³/mol. The zero-order valence-electron chi connectivity index (χ0n) is 10.5. The van der Waals surface area contributed by atoms with Gasteiger partial charge in [-0.1, -0.05) is 19.3 Å². The van der Waals surface area contributed by atoms with E-state index in [0.717, 1.165) is 0 Å². The van der Waals surface area contributed by atoms with Gasteiger partial charge in [-0.2, -0.15) is 0 Å². The lowest BCUT2D eigenvalue weighted by molar-refractivity contribution is 0.0299. The molecule has 0 spiro atoms. The number of nitrogens with one attached hydrogen (secondary N) is 1. The maximum atomic E-state index is 5.91. The zero-order valence-corrected chi connectivity index (χ0v) is 10.5. The number of hydrogen-bond acceptors (Lipinski definition) is 3. The average Bonchev–Trinajstić information content (AvgIpc) is 2.74. The number of nitrogens with two attached hydrogens (primary N) is 1. The first-order valence-electron chi connectivity index (χ1n) is 6.91. The van der Waals surface area contributed by atoms with Crippen molar-refractivity contribution in [2.45, 2.75) is 76.2 Å². The van der Waals surface area contributed by atoms with Crippen LogP contribution in [-0.2, 0) is 4.74 Å². The van der Waals surface area contributed by atoms with Crippen LogP contribution in [0.25, 0.3) is 0 Å². The van der Waals surface area contributed by atoms with Crippen LogP contribution in [-0.4, -0.2) is 30.8 Å². The van der Waals surface area contributed by atoms with Crippen LogP contribution in [0.5, 0.6) is 0 Å². The van der Waals surface area contributed by atoms with Crippen LogP contribution in [0.2, 0.25) is 0 Å². The summed E-state index contributed by atoms with van der Waals surface area (Å²) in [6.45, 7) is 2.86. The molecule has 3 N–H and O–H groups in total. The molecule has 1 saturated carbocycles. The summed E-state index contributed by atoms with van der Waals surface area (Å²) in [6.07, 6.45) is 9.92. The van der Waals surface area contributed by atoms with Gasteiger partial charge in [-0.15, -0.1) is 0 Å². The van der Waals surface area contributed by atoms with Gasteiger partial charge in [0.1, 0.15) is 0 Å². The van der Waals surface area contributed by atoms with E-state index in [4.69, 9.17) is 10.5 Å². The fraction of sp³-hybridized carbons (Fsp3) is 1.00. The SMILES string of the molecule is CC1CCC(C(CN)NC2CCCCC2)O1. The molecule has 2 aliphatic rings. The Bertz CT molecular complexity index is 204. The molecule has 1 aliphatic carbocycles. The van der Waals surface area contributed by atoms with Crippen molar-refractivity contribution < 1.29 is 4.74 Å². The zero-order chi connectivity index (χ0) is 11.4. The van der Waals surface area contributed by atoms with Gasteiger partial charge < -0.3 is 15.8 Å². The minimum Gasteiger partial charge on any atom is -0.374 e. The summed E-state index contributed by atoms with van der Waals surface area (Å²) in [5, 5.41) is 3.72. The molecule has 94 valence electrons. The normalized spacial score (nSPS) is 34.1. The smallest absolute Gasteiger partial charge is 0.0745 e. The third-order valence-corrected chi connectivity index (χ3v) is 4.02. The second kappa shape index (κ2) is 5.99. The molecule has 2 rings (SSSR count). The summed E-state index contributed by atoms with van der Waals surface area (Å²) >= 11 is 0. The van der Waals surface area contributed by atoms with Crippen LogP contribution in [0, 0.1) is 0 Å². The van der Waals surface area contributed by atoms with Crippen LogP contribution in [0.1, 0.15) is 51.9 Å². The Morgan fingerprint density at radius 3 is 2.50 bits per heavy atom. The quantitative estimate of drug-likeness (QED) is 0.768. The van der Waals surface area contributed by atoms with Crippen molar-refractivity contribution in [3.63, 3.8) is 0 Å². The average molecular weight is 226 g/mol. The van der Waals surface area contributed by atoms with E-state index in [2.05, 4.69) is 12.2 Å². The van der Waals surface area contributed by atoms with E-state index in [1.54, 1.807) is 0 Å². The fourth-order valence-corrected chi connectivity index (χ4v) is 3.03. The molecule has 3 nitrogen and oxygen atoms in total. The van der Waals surface area contributed by atoms with Gasteiger partial charge in [0.25, 0.3) is 0 Å². The molecule has 0 aromatic rings. The molecule has 16 heavy (non-hydrogen) atoms. The number of rotatable bonds is 4. The highest BCUT2D eigenvalue weighted by molar-refractivity contribution is 4.87. The molecule has 1 heterocycles. The fourth-order valence-electron chi connectivity index (χ4n) is 3.03. The molecule has 0 aromatic carbocycles. The minimum absolute atomic E-state index is 0.349. The number of ether oxygens (including phenoxy) is 1. The topological polar surface area (TPSA) is 47.3 Å². The van der Waals surface area contributed by atoms with Crippen LogP contribution in [0.15, 0.2) is 0 Å². The molecule has 3 atom stereocenters. The van der Waals surface area contributed by atoms with Crippen LogP contribution >= 0.6 is 0 Å². The van der Waals surface area contributed by atoms with Crippen LogP contribution in [0.4, 0.5) is 0 Å². The first-order chi connectivity index (χ1) is 7.79. The van der Waals surface area contributed by atoms with Crippen molar-refractivity contribution in [3.8, 4) is 0 Å². The minimum atomic E-state index is 0.349. The first kappa shape index (κ1) is 12.3. The number of hydrogen-bond donors (Lipinski definition) is 2. The molecule has 3 unspecified atom stereocenters. The van der Waals surface area contributed by atoms with Gasteiger partial charge in [-0.3, -0.25) is 0 Å². The molecule has 0 amide bonds. The van der Waals surface area contributed by atoms with Crippen molar-refractivity contribution in [3.05, 3.63) is 0 Å². The van der Waals surface area contributed by atoms with Crippen molar-refractivity contribution in [2.24, 2.45) is 5.73 Å². The van der Waals surface area contributed by atoms with Gasteiger partial charge in [0.05, 0.1) is 12.2 Å². The first-order valence-corrected chi connectivity index (χ1v) is 6.91. The van der Waals surface area contributed by atoms with E-state index in [-0.39, 0.29) is 0 Å². The molecule has 2 fully saturated rings. The molecule has 0 radical (unpaired) electrons. The monoisotopic (exact) mass is 226 g/mol. The van der Waals surface area contributed by atoms with E-state index in [9.17, 15) is 0 Å². The summed E-state index contributed by atoms with van der Waals surface area (Å²) in [5.74, 6) is 0. The van der Waals surface area contributed by atoms with Gasteiger partial charge in [0, 0.05) is 18.6 Å². The Hall–Kier alpha value is -0.120. The van der Waals surface area contributed by atoms with E-state index < -0.39 is 0 Å². The van der Waals surface area contributed by atoms with E-state index >= 15 is 0 Å². The lowest BCUT2D eigenvalue weighted by Crippen LogP contribution is -2.50. The Labute approximate surface area is 99.1 Å². The molecule has 1 aliphatic heterocycles. The maximum absolute atomic E-state index is 5.91. The maximum Gasteiger partial charge on any atom is 0.0745 e. The van der Waals surface area contributed by atoms with Crippen LogP contribution < -0.4 is 11.1 Å². The largest absolute Gasteiger partial charge is 0.374 e. The molecule has 0 bridgehead atoms. The van der Waals surface area contributed by atoms with Gasteiger partial charge in [-0.25, -0.2) is 0 Å². The predicted octanol–water partition coefficient (Wildman–Crippen LogP) is 1.80. The van der Waals surface area contributed by atoms with Gasteiger partial charge in [0.15, 0.2) is 0 Å². The second-order valence-electron chi connectivity index (χ2n) is 5.41. The standard InChI is InChI=1S/C13H26N2O/c1-10-7-8-13(16-10)12(9-14)15-11-5-3-2-4-6-11/h10-13,15H,2-9,14H2,1H3. The van der Waals surface area contributed by atoms with Crippen LogP contribution in [0.3, 0.4) is 0 Å². The molecular formula is C13H26N2O. The van der Waals surface area contributed by atoms with Gasteiger partial charge >= 0.3 is 0 Å². The second-order valence-corrected chi connectivity index (χ2v) is 5.41. The van der Waals surface area contributed by atoms with Crippen molar-refractivity contribution in [2.75, 3.05) is 6.54 Å². The lowest BCUT2D eigenvalue weighted by atomic mass is 9.94. The Kier molecular flexibility index (Phi) is 4.62. The van der Waals surface area contributed by atoms with E-state index in [0.29, 0.717) is 30.8 Å². The summed E-state index contributed by atoms with van der Waals surface area (Å²) in [6, 6.07) is 1.05. The molecule has 3 heteroatoms. The van der Waals surface area contributed by atoms with E-state index in [1.165, 1.54) is 44.9 Å².